The van der Waals surface area contributed by atoms with Gasteiger partial charge >= 0.3 is 0 Å². The minimum Gasteiger partial charge on any atom is -0.351 e. The van der Waals surface area contributed by atoms with E-state index in [1.54, 1.807) is 0 Å². The summed E-state index contributed by atoms with van der Waals surface area (Å²) in [7, 11) is 0. The van der Waals surface area contributed by atoms with Crippen LogP contribution in [0, 0.1) is 0 Å². The summed E-state index contributed by atoms with van der Waals surface area (Å²) in [4.78, 5) is 14.0. The van der Waals surface area contributed by atoms with Gasteiger partial charge in [0, 0.05) is 19.1 Å². The third kappa shape index (κ3) is 4.82. The molecule has 2 rings (SSSR count). The molecule has 1 fully saturated rings. The second kappa shape index (κ2) is 8.15. The van der Waals surface area contributed by atoms with Crippen molar-refractivity contribution in [3.8, 4) is 0 Å². The zero-order valence-electron chi connectivity index (χ0n) is 11.0. The van der Waals surface area contributed by atoms with E-state index in [-0.39, 0.29) is 18.3 Å². The molecular formula is C14H22ClN3O. The first kappa shape index (κ1) is 16.0. The van der Waals surface area contributed by atoms with Crippen LogP contribution in [0.15, 0.2) is 30.3 Å². The monoisotopic (exact) mass is 283 g/mol. The van der Waals surface area contributed by atoms with E-state index in [4.69, 9.17) is 5.73 Å². The lowest BCUT2D eigenvalue weighted by molar-refractivity contribution is -0.122. The van der Waals surface area contributed by atoms with Crippen LogP contribution in [-0.2, 0) is 11.3 Å². The fourth-order valence-electron chi connectivity index (χ4n) is 2.41. The van der Waals surface area contributed by atoms with Crippen molar-refractivity contribution in [2.75, 3.05) is 19.6 Å². The van der Waals surface area contributed by atoms with Gasteiger partial charge in [-0.3, -0.25) is 9.69 Å². The van der Waals surface area contributed by atoms with Crippen molar-refractivity contribution in [2.24, 2.45) is 5.73 Å². The van der Waals surface area contributed by atoms with Gasteiger partial charge in [0.1, 0.15) is 0 Å². The maximum atomic E-state index is 11.8. The van der Waals surface area contributed by atoms with Crippen LogP contribution in [0.1, 0.15) is 18.4 Å². The Morgan fingerprint density at radius 2 is 2.11 bits per heavy atom. The first-order valence-corrected chi connectivity index (χ1v) is 6.54. The third-order valence-electron chi connectivity index (χ3n) is 3.45. The average Bonchev–Trinajstić information content (AvgIpc) is 2.85. The summed E-state index contributed by atoms with van der Waals surface area (Å²) in [5, 5.41) is 2.95. The van der Waals surface area contributed by atoms with E-state index < -0.39 is 0 Å². The number of carbonyl (C=O) groups is 1. The minimum absolute atomic E-state index is 0. The number of carbonyl (C=O) groups excluding carboxylic acids is 1. The van der Waals surface area contributed by atoms with E-state index in [1.165, 1.54) is 0 Å². The molecule has 0 aliphatic carbocycles. The smallest absolute Gasteiger partial charge is 0.234 e. The number of benzene rings is 1. The molecule has 19 heavy (non-hydrogen) atoms. The SMILES string of the molecule is Cl.NCC1CCCN1CC(=O)NCc1ccccc1. The predicted molar refractivity (Wildman–Crippen MR) is 79.2 cm³/mol. The van der Waals surface area contributed by atoms with Crippen molar-refractivity contribution >= 4 is 18.3 Å². The molecule has 3 N–H and O–H groups in total. The highest BCUT2D eigenvalue weighted by molar-refractivity contribution is 5.85. The number of nitrogens with zero attached hydrogens (tertiary/aromatic N) is 1. The molecule has 5 heteroatoms. The van der Waals surface area contributed by atoms with Crippen LogP contribution >= 0.6 is 12.4 Å². The third-order valence-corrected chi connectivity index (χ3v) is 3.45. The number of halogens is 1. The molecule has 1 unspecified atom stereocenters. The van der Waals surface area contributed by atoms with Crippen molar-refractivity contribution in [1.29, 1.82) is 0 Å². The molecule has 0 spiro atoms. The van der Waals surface area contributed by atoms with Gasteiger partial charge in [-0.2, -0.15) is 0 Å². The van der Waals surface area contributed by atoms with Crippen molar-refractivity contribution in [1.82, 2.24) is 10.2 Å². The largest absolute Gasteiger partial charge is 0.351 e. The molecule has 1 atom stereocenters. The van der Waals surface area contributed by atoms with Crippen molar-refractivity contribution in [3.05, 3.63) is 35.9 Å². The van der Waals surface area contributed by atoms with E-state index in [0.29, 0.717) is 25.7 Å². The van der Waals surface area contributed by atoms with E-state index in [1.807, 2.05) is 30.3 Å². The molecule has 0 radical (unpaired) electrons. The topological polar surface area (TPSA) is 58.4 Å². The molecule has 1 amide bonds. The Hall–Kier alpha value is -1.10. The second-order valence-corrected chi connectivity index (χ2v) is 4.76. The molecular weight excluding hydrogens is 262 g/mol. The Morgan fingerprint density at radius 3 is 2.79 bits per heavy atom. The van der Waals surface area contributed by atoms with Gasteiger partial charge in [-0.15, -0.1) is 12.4 Å². The summed E-state index contributed by atoms with van der Waals surface area (Å²) in [5.41, 5.74) is 6.82. The maximum Gasteiger partial charge on any atom is 0.234 e. The zero-order valence-corrected chi connectivity index (χ0v) is 11.9. The molecule has 1 heterocycles. The Labute approximate surface area is 120 Å². The maximum absolute atomic E-state index is 11.8. The molecule has 0 bridgehead atoms. The summed E-state index contributed by atoms with van der Waals surface area (Å²) in [6.07, 6.45) is 2.26. The molecule has 1 aromatic rings. The predicted octanol–water partition coefficient (Wildman–Crippen LogP) is 1.15. The van der Waals surface area contributed by atoms with E-state index in [2.05, 4.69) is 10.2 Å². The normalized spacial score (nSPS) is 18.9. The highest BCUT2D eigenvalue weighted by Gasteiger charge is 2.24. The van der Waals surface area contributed by atoms with Crippen LogP contribution in [0.3, 0.4) is 0 Å². The molecule has 0 saturated carbocycles. The van der Waals surface area contributed by atoms with Gasteiger partial charge in [0.25, 0.3) is 0 Å². The lowest BCUT2D eigenvalue weighted by Crippen LogP contribution is -2.42. The van der Waals surface area contributed by atoms with Gasteiger partial charge < -0.3 is 11.1 Å². The number of nitrogens with two attached hydrogens (primary N) is 1. The first-order valence-electron chi connectivity index (χ1n) is 6.54. The fraction of sp³-hybridized carbons (Fsp3) is 0.500. The molecule has 1 aliphatic rings. The number of hydrogen-bond donors (Lipinski definition) is 2. The van der Waals surface area contributed by atoms with Crippen LogP contribution in [0.5, 0.6) is 0 Å². The summed E-state index contributed by atoms with van der Waals surface area (Å²) in [6, 6.07) is 10.3. The highest BCUT2D eigenvalue weighted by atomic mass is 35.5. The Balaban J connectivity index is 0.00000180. The van der Waals surface area contributed by atoms with Crippen molar-refractivity contribution in [2.45, 2.75) is 25.4 Å². The Morgan fingerprint density at radius 1 is 1.37 bits per heavy atom. The lowest BCUT2D eigenvalue weighted by Gasteiger charge is -2.22. The van der Waals surface area contributed by atoms with E-state index >= 15 is 0 Å². The molecule has 1 saturated heterocycles. The summed E-state index contributed by atoms with van der Waals surface area (Å²) in [5.74, 6) is 0.0826. The van der Waals surface area contributed by atoms with Crippen LogP contribution < -0.4 is 11.1 Å². The standard InChI is InChI=1S/C14H21N3O.ClH/c15-9-13-7-4-8-17(13)11-14(18)16-10-12-5-2-1-3-6-12;/h1-3,5-6,13H,4,7-11,15H2,(H,16,18);1H. The number of amides is 1. The van der Waals surface area contributed by atoms with Crippen molar-refractivity contribution < 1.29 is 4.79 Å². The second-order valence-electron chi connectivity index (χ2n) is 4.76. The van der Waals surface area contributed by atoms with Gasteiger partial charge in [-0.25, -0.2) is 0 Å². The van der Waals surface area contributed by atoms with Crippen LogP contribution in [0.4, 0.5) is 0 Å². The first-order chi connectivity index (χ1) is 8.79. The summed E-state index contributed by atoms with van der Waals surface area (Å²) in [6.45, 7) is 2.70. The van der Waals surface area contributed by atoms with Gasteiger partial charge in [-0.05, 0) is 24.9 Å². The van der Waals surface area contributed by atoms with Gasteiger partial charge in [-0.1, -0.05) is 30.3 Å². The summed E-state index contributed by atoms with van der Waals surface area (Å²) >= 11 is 0. The molecule has 1 aliphatic heterocycles. The quantitative estimate of drug-likeness (QED) is 0.852. The van der Waals surface area contributed by atoms with Crippen LogP contribution in [0.2, 0.25) is 0 Å². The van der Waals surface area contributed by atoms with Crippen LogP contribution in [0.25, 0.3) is 0 Å². The Kier molecular flexibility index (Phi) is 6.84. The molecule has 4 nitrogen and oxygen atoms in total. The van der Waals surface area contributed by atoms with Gasteiger partial charge in [0.15, 0.2) is 0 Å². The van der Waals surface area contributed by atoms with Crippen molar-refractivity contribution in [3.63, 3.8) is 0 Å². The van der Waals surface area contributed by atoms with Gasteiger partial charge in [0.05, 0.1) is 6.54 Å². The van der Waals surface area contributed by atoms with E-state index in [9.17, 15) is 4.79 Å². The lowest BCUT2D eigenvalue weighted by atomic mass is 10.2. The number of hydrogen-bond acceptors (Lipinski definition) is 3. The zero-order chi connectivity index (χ0) is 12.8. The summed E-state index contributed by atoms with van der Waals surface area (Å²) < 4.78 is 0. The Bertz CT molecular complexity index is 386. The van der Waals surface area contributed by atoms with E-state index in [0.717, 1.165) is 24.9 Å². The number of likely N-dealkylation sites (tertiary alicyclic amines) is 1. The number of nitrogens with one attached hydrogen (secondary N) is 1. The van der Waals surface area contributed by atoms with Gasteiger partial charge in [0.2, 0.25) is 5.91 Å². The number of rotatable bonds is 5. The fourth-order valence-corrected chi connectivity index (χ4v) is 2.41. The van der Waals surface area contributed by atoms with Crippen LogP contribution in [-0.4, -0.2) is 36.5 Å². The molecule has 106 valence electrons. The minimum atomic E-state index is 0. The molecule has 0 aromatic heterocycles. The average molecular weight is 284 g/mol. The molecule has 1 aromatic carbocycles. The highest BCUT2D eigenvalue weighted by Crippen LogP contribution is 2.15.